The molecule has 1 amide bonds. The van der Waals surface area contributed by atoms with Crippen LogP contribution < -0.4 is 10.5 Å². The third-order valence-corrected chi connectivity index (χ3v) is 5.19. The first-order valence-corrected chi connectivity index (χ1v) is 9.91. The molecule has 0 aliphatic carbocycles. The van der Waals surface area contributed by atoms with Crippen molar-refractivity contribution in [2.24, 2.45) is 5.14 Å². The van der Waals surface area contributed by atoms with E-state index in [1.165, 1.54) is 18.3 Å². The molecule has 140 valence electrons. The summed E-state index contributed by atoms with van der Waals surface area (Å²) in [6.07, 6.45) is 3.12. The lowest BCUT2D eigenvalue weighted by molar-refractivity contribution is 0.0951. The van der Waals surface area contributed by atoms with Crippen LogP contribution in [0.4, 0.5) is 0 Å². The minimum Gasteiger partial charge on any atom is -0.348 e. The zero-order valence-electron chi connectivity index (χ0n) is 14.2. The summed E-state index contributed by atoms with van der Waals surface area (Å²) in [6.45, 7) is 0.710. The molecule has 0 saturated heterocycles. The standard InChI is InChI=1S/C18H17ClN4O3S/c19-17-4-2-1-3-14(17)11-23-12-15(10-22-23)18(24)21-9-13-5-7-16(8-6-13)27(20,25)26/h1-8,10,12H,9,11H2,(H,21,24)(H2,20,25,26). The van der Waals surface area contributed by atoms with Crippen molar-refractivity contribution in [3.8, 4) is 0 Å². The maximum Gasteiger partial charge on any atom is 0.254 e. The second-order valence-corrected chi connectivity index (χ2v) is 7.86. The normalized spacial score (nSPS) is 11.3. The number of carbonyl (C=O) groups excluding carboxylic acids is 1. The molecule has 0 spiro atoms. The first-order chi connectivity index (χ1) is 12.8. The number of amides is 1. The van der Waals surface area contributed by atoms with Crippen LogP contribution in [0.5, 0.6) is 0 Å². The van der Waals surface area contributed by atoms with E-state index in [0.29, 0.717) is 17.1 Å². The first kappa shape index (κ1) is 19.1. The molecular weight excluding hydrogens is 388 g/mol. The lowest BCUT2D eigenvalue weighted by Crippen LogP contribution is -2.22. The summed E-state index contributed by atoms with van der Waals surface area (Å²) in [7, 11) is -3.73. The molecular formula is C18H17ClN4O3S. The van der Waals surface area contributed by atoms with E-state index in [4.69, 9.17) is 16.7 Å². The van der Waals surface area contributed by atoms with Gasteiger partial charge in [-0.25, -0.2) is 13.6 Å². The Bertz CT molecular complexity index is 1060. The molecule has 0 saturated carbocycles. The van der Waals surface area contributed by atoms with Crippen LogP contribution in [-0.2, 0) is 23.1 Å². The van der Waals surface area contributed by atoms with Gasteiger partial charge < -0.3 is 5.32 Å². The predicted octanol–water partition coefficient (Wildman–Crippen LogP) is 2.16. The van der Waals surface area contributed by atoms with Gasteiger partial charge in [0.1, 0.15) is 0 Å². The van der Waals surface area contributed by atoms with Crippen molar-refractivity contribution >= 4 is 27.5 Å². The Kier molecular flexibility index (Phi) is 5.59. The van der Waals surface area contributed by atoms with E-state index in [1.54, 1.807) is 29.1 Å². The minimum absolute atomic E-state index is 0.0263. The van der Waals surface area contributed by atoms with Crippen molar-refractivity contribution in [1.82, 2.24) is 15.1 Å². The maximum atomic E-state index is 12.3. The SMILES string of the molecule is NS(=O)(=O)c1ccc(CNC(=O)c2cnn(Cc3ccccc3Cl)c2)cc1. The van der Waals surface area contributed by atoms with Crippen LogP contribution in [0, 0.1) is 0 Å². The van der Waals surface area contributed by atoms with Crippen molar-refractivity contribution in [2.75, 3.05) is 0 Å². The second kappa shape index (κ2) is 7.91. The largest absolute Gasteiger partial charge is 0.348 e. The van der Waals surface area contributed by atoms with Crippen LogP contribution in [0.1, 0.15) is 21.5 Å². The van der Waals surface area contributed by atoms with E-state index < -0.39 is 10.0 Å². The highest BCUT2D eigenvalue weighted by atomic mass is 35.5. The summed E-state index contributed by atoms with van der Waals surface area (Å²) < 4.78 is 24.1. The number of benzene rings is 2. The van der Waals surface area contributed by atoms with E-state index in [1.807, 2.05) is 18.2 Å². The Labute approximate surface area is 161 Å². The molecule has 9 heteroatoms. The maximum absolute atomic E-state index is 12.3. The van der Waals surface area contributed by atoms with Crippen LogP contribution >= 0.6 is 11.6 Å². The molecule has 3 aromatic rings. The number of sulfonamides is 1. The number of hydrogen-bond donors (Lipinski definition) is 2. The fourth-order valence-electron chi connectivity index (χ4n) is 2.45. The van der Waals surface area contributed by atoms with Gasteiger partial charge in [-0.15, -0.1) is 0 Å². The van der Waals surface area contributed by atoms with Crippen LogP contribution in [-0.4, -0.2) is 24.1 Å². The third-order valence-electron chi connectivity index (χ3n) is 3.89. The molecule has 0 atom stereocenters. The van der Waals surface area contributed by atoms with Gasteiger partial charge in [0.2, 0.25) is 10.0 Å². The number of carbonyl (C=O) groups is 1. The molecule has 0 aliphatic rings. The Morgan fingerprint density at radius 1 is 1.15 bits per heavy atom. The van der Waals surface area contributed by atoms with Gasteiger partial charge in [0.05, 0.1) is 23.2 Å². The third kappa shape index (κ3) is 4.94. The number of hydrogen-bond acceptors (Lipinski definition) is 4. The summed E-state index contributed by atoms with van der Waals surface area (Å²) >= 11 is 6.13. The predicted molar refractivity (Wildman–Crippen MR) is 102 cm³/mol. The smallest absolute Gasteiger partial charge is 0.254 e. The Hall–Kier alpha value is -2.68. The van der Waals surface area contributed by atoms with E-state index in [2.05, 4.69) is 10.4 Å². The number of primary sulfonamides is 1. The molecule has 7 nitrogen and oxygen atoms in total. The molecule has 0 fully saturated rings. The van der Waals surface area contributed by atoms with Gasteiger partial charge in [-0.05, 0) is 29.3 Å². The minimum atomic E-state index is -3.73. The Morgan fingerprint density at radius 2 is 1.85 bits per heavy atom. The van der Waals surface area contributed by atoms with Gasteiger partial charge in [0, 0.05) is 17.8 Å². The molecule has 27 heavy (non-hydrogen) atoms. The molecule has 0 unspecified atom stereocenters. The number of nitrogens with two attached hydrogens (primary N) is 1. The molecule has 0 bridgehead atoms. The summed E-state index contributed by atoms with van der Waals surface area (Å²) in [5, 5.41) is 12.6. The molecule has 2 aromatic carbocycles. The summed E-state index contributed by atoms with van der Waals surface area (Å²) in [5.41, 5.74) is 2.08. The van der Waals surface area contributed by atoms with Gasteiger partial charge in [-0.3, -0.25) is 9.48 Å². The van der Waals surface area contributed by atoms with Crippen molar-refractivity contribution < 1.29 is 13.2 Å². The zero-order valence-corrected chi connectivity index (χ0v) is 15.7. The van der Waals surface area contributed by atoms with Gasteiger partial charge in [-0.1, -0.05) is 41.9 Å². The number of nitrogens with one attached hydrogen (secondary N) is 1. The fourth-order valence-corrected chi connectivity index (χ4v) is 3.16. The highest BCUT2D eigenvalue weighted by Gasteiger charge is 2.10. The lowest BCUT2D eigenvalue weighted by Gasteiger charge is -2.05. The van der Waals surface area contributed by atoms with E-state index >= 15 is 0 Å². The first-order valence-electron chi connectivity index (χ1n) is 7.99. The van der Waals surface area contributed by atoms with E-state index in [9.17, 15) is 13.2 Å². The monoisotopic (exact) mass is 404 g/mol. The van der Waals surface area contributed by atoms with Crippen LogP contribution in [0.3, 0.4) is 0 Å². The average Bonchev–Trinajstić information content (AvgIpc) is 3.10. The molecule has 3 N–H and O–H groups in total. The van der Waals surface area contributed by atoms with Crippen molar-refractivity contribution in [2.45, 2.75) is 18.0 Å². The quantitative estimate of drug-likeness (QED) is 0.656. The summed E-state index contributed by atoms with van der Waals surface area (Å²) in [6, 6.07) is 13.4. The summed E-state index contributed by atoms with van der Waals surface area (Å²) in [5.74, 6) is -0.282. The van der Waals surface area contributed by atoms with Crippen molar-refractivity contribution in [3.05, 3.63) is 82.6 Å². The molecule has 1 aromatic heterocycles. The van der Waals surface area contributed by atoms with Gasteiger partial charge >= 0.3 is 0 Å². The summed E-state index contributed by atoms with van der Waals surface area (Å²) in [4.78, 5) is 12.3. The van der Waals surface area contributed by atoms with Crippen molar-refractivity contribution in [1.29, 1.82) is 0 Å². The number of halogens is 1. The van der Waals surface area contributed by atoms with E-state index in [-0.39, 0.29) is 17.3 Å². The van der Waals surface area contributed by atoms with Crippen LogP contribution in [0.15, 0.2) is 65.8 Å². The number of nitrogens with zero attached hydrogens (tertiary/aromatic N) is 2. The van der Waals surface area contributed by atoms with Crippen LogP contribution in [0.2, 0.25) is 5.02 Å². The highest BCUT2D eigenvalue weighted by Crippen LogP contribution is 2.16. The number of rotatable bonds is 6. The van der Waals surface area contributed by atoms with E-state index in [0.717, 1.165) is 11.1 Å². The molecule has 1 heterocycles. The van der Waals surface area contributed by atoms with Crippen LogP contribution in [0.25, 0.3) is 0 Å². The zero-order chi connectivity index (χ0) is 19.4. The fraction of sp³-hybridized carbons (Fsp3) is 0.111. The molecule has 3 rings (SSSR count). The Morgan fingerprint density at radius 3 is 2.52 bits per heavy atom. The number of aromatic nitrogens is 2. The second-order valence-electron chi connectivity index (χ2n) is 5.89. The molecule has 0 radical (unpaired) electrons. The topological polar surface area (TPSA) is 107 Å². The van der Waals surface area contributed by atoms with Gasteiger partial charge in [0.15, 0.2) is 0 Å². The highest BCUT2D eigenvalue weighted by molar-refractivity contribution is 7.89. The lowest BCUT2D eigenvalue weighted by atomic mass is 10.2. The van der Waals surface area contributed by atoms with Gasteiger partial charge in [-0.2, -0.15) is 5.10 Å². The Balaban J connectivity index is 1.60. The molecule has 0 aliphatic heterocycles. The van der Waals surface area contributed by atoms with Crippen molar-refractivity contribution in [3.63, 3.8) is 0 Å². The average molecular weight is 405 g/mol. The van der Waals surface area contributed by atoms with Gasteiger partial charge in [0.25, 0.3) is 5.91 Å².